The molecule has 0 spiro atoms. The van der Waals surface area contributed by atoms with E-state index in [1.165, 1.54) is 5.56 Å². The van der Waals surface area contributed by atoms with Gasteiger partial charge in [-0.15, -0.1) is 0 Å². The Morgan fingerprint density at radius 1 is 0.964 bits per heavy atom. The lowest BCUT2D eigenvalue weighted by Gasteiger charge is -2.30. The Balaban J connectivity index is 2.55. The summed E-state index contributed by atoms with van der Waals surface area (Å²) >= 11 is 3.50. The van der Waals surface area contributed by atoms with E-state index in [0.717, 1.165) is 27.8 Å². The Bertz CT molecular complexity index is 776. The van der Waals surface area contributed by atoms with Crippen LogP contribution in [0, 0.1) is 6.92 Å². The van der Waals surface area contributed by atoms with Gasteiger partial charge in [-0.25, -0.2) is 0 Å². The fourth-order valence-corrected chi connectivity index (χ4v) is 3.84. The van der Waals surface area contributed by atoms with Crippen LogP contribution in [0.25, 0.3) is 0 Å². The van der Waals surface area contributed by atoms with Crippen molar-refractivity contribution in [2.75, 3.05) is 5.33 Å². The summed E-state index contributed by atoms with van der Waals surface area (Å²) in [6, 6.07) is 14.2. The molecular weight excluding hydrogens is 412 g/mol. The first-order valence-corrected chi connectivity index (χ1v) is 11.1. The highest BCUT2D eigenvalue weighted by Gasteiger charge is 2.31. The van der Waals surface area contributed by atoms with Gasteiger partial charge < -0.3 is 4.74 Å². The molecule has 0 saturated carbocycles. The Morgan fingerprint density at radius 2 is 1.46 bits per heavy atom. The summed E-state index contributed by atoms with van der Waals surface area (Å²) in [6.45, 7) is 15.1. The zero-order valence-corrected chi connectivity index (χ0v) is 19.8. The second kappa shape index (κ2) is 8.82. The molecular formula is C25H33BrO2. The number of aryl methyl sites for hydroxylation is 1. The molecule has 1 atom stereocenters. The minimum absolute atomic E-state index is 0.126. The van der Waals surface area contributed by atoms with Crippen molar-refractivity contribution in [3.63, 3.8) is 0 Å². The highest BCUT2D eigenvalue weighted by Crippen LogP contribution is 2.41. The zero-order chi connectivity index (χ0) is 21.1. The number of alkyl halides is 1. The van der Waals surface area contributed by atoms with Crippen LogP contribution in [0.2, 0.25) is 0 Å². The van der Waals surface area contributed by atoms with Crippen molar-refractivity contribution < 1.29 is 9.53 Å². The molecule has 0 fully saturated rings. The van der Waals surface area contributed by atoms with Crippen LogP contribution in [0.4, 0.5) is 0 Å². The lowest BCUT2D eigenvalue weighted by molar-refractivity contribution is -0.136. The topological polar surface area (TPSA) is 26.3 Å². The highest BCUT2D eigenvalue weighted by molar-refractivity contribution is 9.09. The van der Waals surface area contributed by atoms with Gasteiger partial charge in [-0.2, -0.15) is 0 Å². The van der Waals surface area contributed by atoms with E-state index in [4.69, 9.17) is 4.74 Å². The van der Waals surface area contributed by atoms with Crippen LogP contribution in [0.1, 0.15) is 76.1 Å². The van der Waals surface area contributed by atoms with E-state index in [9.17, 15) is 4.79 Å². The van der Waals surface area contributed by atoms with Crippen molar-refractivity contribution in [3.05, 3.63) is 64.7 Å². The number of carbonyl (C=O) groups excluding carboxylic acids is 1. The molecule has 0 saturated heterocycles. The summed E-state index contributed by atoms with van der Waals surface area (Å²) in [5.41, 5.74) is 4.09. The maximum atomic E-state index is 13.3. The first-order valence-electron chi connectivity index (χ1n) is 9.93. The Morgan fingerprint density at radius 3 is 1.89 bits per heavy atom. The van der Waals surface area contributed by atoms with Gasteiger partial charge in [0.1, 0.15) is 5.75 Å². The second-order valence-electron chi connectivity index (χ2n) is 9.55. The number of ether oxygens (including phenoxy) is 1. The predicted molar refractivity (Wildman–Crippen MR) is 122 cm³/mol. The molecule has 0 heterocycles. The maximum Gasteiger partial charge on any atom is 0.318 e. The van der Waals surface area contributed by atoms with E-state index in [2.05, 4.69) is 76.5 Å². The molecule has 0 unspecified atom stereocenters. The van der Waals surface area contributed by atoms with Gasteiger partial charge in [0, 0.05) is 16.5 Å². The average Bonchev–Trinajstić information content (AvgIpc) is 2.59. The van der Waals surface area contributed by atoms with Crippen molar-refractivity contribution in [1.82, 2.24) is 0 Å². The number of esters is 1. The van der Waals surface area contributed by atoms with Gasteiger partial charge in [0.2, 0.25) is 0 Å². The standard InChI is InChI=1S/C25H33BrO2/c1-17-15-20(24(2,3)4)22(21(16-17)25(5,6)7)28-23(27)19(13-14-26)18-11-9-8-10-12-18/h8-12,15-16,19H,13-14H2,1-7H3/t19-/m0/s1. The van der Waals surface area contributed by atoms with Crippen LogP contribution in [0.5, 0.6) is 5.75 Å². The number of rotatable bonds is 5. The third kappa shape index (κ3) is 5.47. The van der Waals surface area contributed by atoms with E-state index < -0.39 is 0 Å². The zero-order valence-electron chi connectivity index (χ0n) is 18.2. The lowest BCUT2D eigenvalue weighted by atomic mass is 9.78. The molecule has 0 radical (unpaired) electrons. The van der Waals surface area contributed by atoms with Crippen LogP contribution < -0.4 is 4.74 Å². The SMILES string of the molecule is Cc1cc(C(C)(C)C)c(OC(=O)[C@@H](CCBr)c2ccccc2)c(C(C)(C)C)c1. The molecule has 0 aliphatic carbocycles. The first kappa shape index (κ1) is 22.7. The van der Waals surface area contributed by atoms with Crippen LogP contribution in [0.3, 0.4) is 0 Å². The number of halogens is 1. The minimum atomic E-state index is -0.289. The predicted octanol–water partition coefficient (Wildman–Crippen LogP) is 7.06. The average molecular weight is 445 g/mol. The Labute approximate surface area is 178 Å². The number of hydrogen-bond donors (Lipinski definition) is 0. The van der Waals surface area contributed by atoms with Crippen LogP contribution in [-0.2, 0) is 15.6 Å². The largest absolute Gasteiger partial charge is 0.425 e. The molecule has 2 rings (SSSR count). The van der Waals surface area contributed by atoms with Crippen molar-refractivity contribution in [2.24, 2.45) is 0 Å². The minimum Gasteiger partial charge on any atom is -0.425 e. The van der Waals surface area contributed by atoms with Gasteiger partial charge in [-0.3, -0.25) is 4.79 Å². The summed E-state index contributed by atoms with van der Waals surface area (Å²) in [4.78, 5) is 13.3. The molecule has 2 nitrogen and oxygen atoms in total. The molecule has 2 aromatic carbocycles. The number of benzene rings is 2. The molecule has 0 aromatic heterocycles. The quantitative estimate of drug-likeness (QED) is 0.280. The van der Waals surface area contributed by atoms with Gasteiger partial charge in [0.25, 0.3) is 0 Å². The molecule has 2 aromatic rings. The summed E-state index contributed by atoms with van der Waals surface area (Å²) in [5, 5.41) is 0.744. The summed E-state index contributed by atoms with van der Waals surface area (Å²) < 4.78 is 6.19. The molecule has 152 valence electrons. The van der Waals surface area contributed by atoms with Crippen molar-refractivity contribution in [1.29, 1.82) is 0 Å². The monoisotopic (exact) mass is 444 g/mol. The van der Waals surface area contributed by atoms with E-state index in [1.807, 2.05) is 30.3 Å². The summed E-state index contributed by atoms with van der Waals surface area (Å²) in [6.07, 6.45) is 0.699. The molecule has 0 aliphatic rings. The van der Waals surface area contributed by atoms with E-state index >= 15 is 0 Å². The Hall–Kier alpha value is -1.61. The third-order valence-electron chi connectivity index (χ3n) is 4.94. The Kier molecular flexibility index (Phi) is 7.14. The highest BCUT2D eigenvalue weighted by atomic mass is 79.9. The second-order valence-corrected chi connectivity index (χ2v) is 10.3. The van der Waals surface area contributed by atoms with E-state index in [1.54, 1.807) is 0 Å². The molecule has 3 heteroatoms. The molecule has 28 heavy (non-hydrogen) atoms. The van der Waals surface area contributed by atoms with Crippen LogP contribution >= 0.6 is 15.9 Å². The first-order chi connectivity index (χ1) is 12.9. The molecule has 0 bridgehead atoms. The maximum absolute atomic E-state index is 13.3. The van der Waals surface area contributed by atoms with E-state index in [0.29, 0.717) is 6.42 Å². The number of hydrogen-bond acceptors (Lipinski definition) is 2. The van der Waals surface area contributed by atoms with Crippen LogP contribution in [-0.4, -0.2) is 11.3 Å². The van der Waals surface area contributed by atoms with Gasteiger partial charge in [0.15, 0.2) is 0 Å². The fourth-order valence-electron chi connectivity index (χ4n) is 3.38. The van der Waals surface area contributed by atoms with Gasteiger partial charge >= 0.3 is 5.97 Å². The van der Waals surface area contributed by atoms with Crippen molar-refractivity contribution in [2.45, 2.75) is 71.6 Å². The summed E-state index contributed by atoms with van der Waals surface area (Å²) in [7, 11) is 0. The molecule has 0 N–H and O–H groups in total. The van der Waals surface area contributed by atoms with Crippen LogP contribution in [0.15, 0.2) is 42.5 Å². The smallest absolute Gasteiger partial charge is 0.318 e. The normalized spacial score (nSPS) is 13.3. The molecule has 0 aliphatic heterocycles. The van der Waals surface area contributed by atoms with Crippen molar-refractivity contribution >= 4 is 21.9 Å². The van der Waals surface area contributed by atoms with Gasteiger partial charge in [0.05, 0.1) is 5.92 Å². The lowest BCUT2D eigenvalue weighted by Crippen LogP contribution is -2.25. The van der Waals surface area contributed by atoms with Gasteiger partial charge in [-0.1, -0.05) is 106 Å². The van der Waals surface area contributed by atoms with Crippen molar-refractivity contribution in [3.8, 4) is 5.75 Å². The third-order valence-corrected chi connectivity index (χ3v) is 5.39. The summed E-state index contributed by atoms with van der Waals surface area (Å²) in [5.74, 6) is 0.249. The van der Waals surface area contributed by atoms with Gasteiger partial charge in [-0.05, 0) is 29.7 Å². The molecule has 0 amide bonds. The number of carbonyl (C=O) groups is 1. The van der Waals surface area contributed by atoms with E-state index in [-0.39, 0.29) is 22.7 Å². The fraction of sp³-hybridized carbons (Fsp3) is 0.480.